The fraction of sp³-hybridized carbons (Fsp3) is 0.857. The number of carbonyl (C=O) groups is 1. The number of rotatable bonds is 6. The third-order valence-corrected chi connectivity index (χ3v) is 1.80. The Labute approximate surface area is 85.1 Å². The number of ether oxygens (including phenoxy) is 1. The molecule has 12 heavy (non-hydrogen) atoms. The van der Waals surface area contributed by atoms with Gasteiger partial charge in [-0.25, -0.2) is 0 Å². The van der Waals surface area contributed by atoms with E-state index in [2.05, 4.69) is 0 Å². The summed E-state index contributed by atoms with van der Waals surface area (Å²) in [4.78, 5) is 10.7. The van der Waals surface area contributed by atoms with Gasteiger partial charge in [-0.15, -0.1) is 0 Å². The first-order valence-corrected chi connectivity index (χ1v) is 4.78. The fourth-order valence-electron chi connectivity index (χ4n) is 0.796. The standard InChI is InChI=1S/C7H13IO4/c1-2-12-6(3-7(8)11)5(10)4-9/h5-6,9-10H,2-4H2,1H3/t5?,6-/m1/s1. The fourth-order valence-corrected chi connectivity index (χ4v) is 1.23. The Morgan fingerprint density at radius 3 is 2.58 bits per heavy atom. The van der Waals surface area contributed by atoms with Crippen LogP contribution in [0.25, 0.3) is 0 Å². The van der Waals surface area contributed by atoms with E-state index in [1.54, 1.807) is 29.5 Å². The number of aliphatic hydroxyl groups excluding tert-OH is 2. The molecule has 0 radical (unpaired) electrons. The molecule has 0 saturated heterocycles. The molecule has 2 N–H and O–H groups in total. The summed E-state index contributed by atoms with van der Waals surface area (Å²) in [5.41, 5.74) is 0. The first-order valence-electron chi connectivity index (χ1n) is 3.70. The van der Waals surface area contributed by atoms with Gasteiger partial charge in [-0.1, -0.05) is 0 Å². The van der Waals surface area contributed by atoms with Crippen LogP contribution in [0.1, 0.15) is 13.3 Å². The average Bonchev–Trinajstić information content (AvgIpc) is 2.01. The highest BCUT2D eigenvalue weighted by Crippen LogP contribution is 2.08. The third-order valence-electron chi connectivity index (χ3n) is 1.36. The van der Waals surface area contributed by atoms with Crippen molar-refractivity contribution < 1.29 is 19.7 Å². The molecule has 0 fully saturated rings. The van der Waals surface area contributed by atoms with E-state index in [-0.39, 0.29) is 16.8 Å². The van der Waals surface area contributed by atoms with Gasteiger partial charge < -0.3 is 14.9 Å². The van der Waals surface area contributed by atoms with Crippen LogP contribution in [-0.4, -0.2) is 39.4 Å². The SMILES string of the molecule is CCO[C@H](CC(=O)I)C(O)CO. The molecular weight excluding hydrogens is 275 g/mol. The van der Waals surface area contributed by atoms with Crippen LogP contribution < -0.4 is 0 Å². The summed E-state index contributed by atoms with van der Waals surface area (Å²) in [6.45, 7) is 1.81. The summed E-state index contributed by atoms with van der Waals surface area (Å²) in [5, 5.41) is 17.8. The summed E-state index contributed by atoms with van der Waals surface area (Å²) in [7, 11) is 0. The van der Waals surface area contributed by atoms with Crippen LogP contribution in [0.5, 0.6) is 0 Å². The Morgan fingerprint density at radius 2 is 2.25 bits per heavy atom. The van der Waals surface area contributed by atoms with Gasteiger partial charge in [0.25, 0.3) is 0 Å². The lowest BCUT2D eigenvalue weighted by Crippen LogP contribution is -2.33. The van der Waals surface area contributed by atoms with E-state index >= 15 is 0 Å². The lowest BCUT2D eigenvalue weighted by molar-refractivity contribution is -0.116. The van der Waals surface area contributed by atoms with Crippen LogP contribution in [0.3, 0.4) is 0 Å². The van der Waals surface area contributed by atoms with Crippen LogP contribution in [-0.2, 0) is 9.53 Å². The summed E-state index contributed by atoms with van der Waals surface area (Å²) in [6, 6.07) is 0. The molecule has 0 aromatic carbocycles. The second-order valence-corrected chi connectivity index (χ2v) is 3.51. The Kier molecular flexibility index (Phi) is 6.92. The molecule has 4 nitrogen and oxygen atoms in total. The van der Waals surface area contributed by atoms with E-state index in [1.807, 2.05) is 0 Å². The minimum Gasteiger partial charge on any atom is -0.394 e. The maximum Gasteiger partial charge on any atom is 0.195 e. The molecule has 0 rings (SSSR count). The van der Waals surface area contributed by atoms with Crippen molar-refractivity contribution in [1.82, 2.24) is 0 Å². The van der Waals surface area contributed by atoms with Crippen LogP contribution in [0.2, 0.25) is 0 Å². The van der Waals surface area contributed by atoms with E-state index in [0.717, 1.165) is 0 Å². The van der Waals surface area contributed by atoms with Gasteiger partial charge in [0.2, 0.25) is 0 Å². The minimum absolute atomic E-state index is 0.0847. The van der Waals surface area contributed by atoms with Crippen LogP contribution in [0, 0.1) is 0 Å². The third kappa shape index (κ3) is 5.02. The predicted octanol–water partition coefficient (Wildman–Crippen LogP) is 0.0964. The molecule has 0 aromatic rings. The lowest BCUT2D eigenvalue weighted by atomic mass is 10.1. The van der Waals surface area contributed by atoms with Crippen molar-refractivity contribution in [3.8, 4) is 0 Å². The van der Waals surface area contributed by atoms with Gasteiger partial charge in [0.15, 0.2) is 3.79 Å². The Hall–Kier alpha value is 0.280. The zero-order chi connectivity index (χ0) is 9.56. The molecule has 0 aromatic heterocycles. The van der Waals surface area contributed by atoms with Gasteiger partial charge in [-0.3, -0.25) is 4.79 Å². The number of halogens is 1. The second kappa shape index (κ2) is 6.76. The van der Waals surface area contributed by atoms with Gasteiger partial charge in [0.05, 0.1) is 12.7 Å². The number of carbonyl (C=O) groups excluding carboxylic acids is 1. The molecule has 0 saturated carbocycles. The average molecular weight is 288 g/mol. The highest BCUT2D eigenvalue weighted by Gasteiger charge is 2.20. The Morgan fingerprint density at radius 1 is 1.67 bits per heavy atom. The van der Waals surface area contributed by atoms with Crippen molar-refractivity contribution in [1.29, 1.82) is 0 Å². The van der Waals surface area contributed by atoms with Crippen molar-refractivity contribution in [3.05, 3.63) is 0 Å². The summed E-state index contributed by atoms with van der Waals surface area (Å²) < 4.78 is 4.99. The maximum absolute atomic E-state index is 10.7. The summed E-state index contributed by atoms with van der Waals surface area (Å²) in [5.74, 6) is 0. The molecule has 0 aliphatic heterocycles. The summed E-state index contributed by atoms with van der Waals surface area (Å²) in [6.07, 6.45) is -1.41. The molecule has 0 aliphatic carbocycles. The molecule has 0 heterocycles. The molecule has 0 spiro atoms. The largest absolute Gasteiger partial charge is 0.394 e. The van der Waals surface area contributed by atoms with Gasteiger partial charge in [0, 0.05) is 13.0 Å². The molecule has 5 heteroatoms. The van der Waals surface area contributed by atoms with Crippen LogP contribution in [0.15, 0.2) is 0 Å². The molecular formula is C7H13IO4. The summed E-state index contributed by atoms with van der Waals surface area (Å²) >= 11 is 1.64. The molecule has 2 atom stereocenters. The van der Waals surface area contributed by atoms with Crippen LogP contribution >= 0.6 is 22.6 Å². The predicted molar refractivity (Wildman–Crippen MR) is 52.2 cm³/mol. The Bertz CT molecular complexity index is 139. The number of aliphatic hydroxyl groups is 2. The van der Waals surface area contributed by atoms with E-state index in [4.69, 9.17) is 14.9 Å². The Balaban J connectivity index is 3.93. The van der Waals surface area contributed by atoms with Gasteiger partial charge >= 0.3 is 0 Å². The minimum atomic E-state index is -0.969. The zero-order valence-electron chi connectivity index (χ0n) is 6.86. The van der Waals surface area contributed by atoms with Gasteiger partial charge in [0.1, 0.15) is 6.10 Å². The first-order chi connectivity index (χ1) is 5.61. The van der Waals surface area contributed by atoms with Crippen molar-refractivity contribution in [3.63, 3.8) is 0 Å². The van der Waals surface area contributed by atoms with E-state index in [0.29, 0.717) is 6.61 Å². The maximum atomic E-state index is 10.7. The van der Waals surface area contributed by atoms with Gasteiger partial charge in [-0.2, -0.15) is 0 Å². The normalized spacial score (nSPS) is 15.7. The smallest absolute Gasteiger partial charge is 0.195 e. The van der Waals surface area contributed by atoms with Crippen molar-refractivity contribution >= 4 is 26.4 Å². The lowest BCUT2D eigenvalue weighted by Gasteiger charge is -2.19. The topological polar surface area (TPSA) is 66.8 Å². The number of hydrogen-bond donors (Lipinski definition) is 2. The van der Waals surface area contributed by atoms with Crippen molar-refractivity contribution in [2.75, 3.05) is 13.2 Å². The monoisotopic (exact) mass is 288 g/mol. The quantitative estimate of drug-likeness (QED) is 0.537. The molecule has 0 aliphatic rings. The second-order valence-electron chi connectivity index (χ2n) is 2.30. The molecule has 0 bridgehead atoms. The first kappa shape index (κ1) is 12.3. The van der Waals surface area contributed by atoms with Crippen molar-refractivity contribution in [2.24, 2.45) is 0 Å². The van der Waals surface area contributed by atoms with E-state index in [9.17, 15) is 4.79 Å². The molecule has 0 amide bonds. The highest BCUT2D eigenvalue weighted by molar-refractivity contribution is 14.1. The zero-order valence-corrected chi connectivity index (χ0v) is 9.02. The van der Waals surface area contributed by atoms with Crippen LogP contribution in [0.4, 0.5) is 0 Å². The number of hydrogen-bond acceptors (Lipinski definition) is 4. The van der Waals surface area contributed by atoms with E-state index < -0.39 is 12.2 Å². The van der Waals surface area contributed by atoms with Gasteiger partial charge in [-0.05, 0) is 29.5 Å². The highest BCUT2D eigenvalue weighted by atomic mass is 127. The van der Waals surface area contributed by atoms with E-state index in [1.165, 1.54) is 0 Å². The molecule has 72 valence electrons. The van der Waals surface area contributed by atoms with Crippen molar-refractivity contribution in [2.45, 2.75) is 25.6 Å². The molecule has 1 unspecified atom stereocenters.